The summed E-state index contributed by atoms with van der Waals surface area (Å²) in [7, 11) is 0. The number of nitrogens with one attached hydrogen (secondary N) is 1. The molecule has 0 fully saturated rings. The quantitative estimate of drug-likeness (QED) is 0.446. The van der Waals surface area contributed by atoms with Gasteiger partial charge < -0.3 is 15.2 Å². The number of rotatable bonds is 7. The maximum Gasteiger partial charge on any atom is 0.342 e. The summed E-state index contributed by atoms with van der Waals surface area (Å²) in [5.74, 6) is -1.33. The van der Waals surface area contributed by atoms with Crippen molar-refractivity contribution in [1.82, 2.24) is 0 Å². The van der Waals surface area contributed by atoms with Crippen LogP contribution in [0.4, 0.5) is 11.4 Å². The molecule has 0 aliphatic heterocycles. The molecule has 0 aliphatic rings. The molecule has 104 valence electrons. The van der Waals surface area contributed by atoms with E-state index < -0.39 is 16.6 Å². The van der Waals surface area contributed by atoms with Crippen molar-refractivity contribution < 1.29 is 19.6 Å². The van der Waals surface area contributed by atoms with Gasteiger partial charge in [0.05, 0.1) is 17.6 Å². The molecule has 0 radical (unpaired) electrons. The number of benzene rings is 1. The van der Waals surface area contributed by atoms with Crippen LogP contribution in [-0.2, 0) is 4.74 Å². The molecule has 7 nitrogen and oxygen atoms in total. The number of anilines is 1. The number of aromatic carboxylic acids is 1. The van der Waals surface area contributed by atoms with Gasteiger partial charge in [-0.15, -0.1) is 0 Å². The molecule has 0 amide bonds. The van der Waals surface area contributed by atoms with Crippen LogP contribution >= 0.6 is 0 Å². The van der Waals surface area contributed by atoms with Gasteiger partial charge in [-0.3, -0.25) is 10.1 Å². The lowest BCUT2D eigenvalue weighted by atomic mass is 10.1. The van der Waals surface area contributed by atoms with E-state index in [-0.39, 0.29) is 11.7 Å². The lowest BCUT2D eigenvalue weighted by Gasteiger charge is -2.10. The first kappa shape index (κ1) is 14.9. The Morgan fingerprint density at radius 2 is 2.21 bits per heavy atom. The second kappa shape index (κ2) is 6.69. The summed E-state index contributed by atoms with van der Waals surface area (Å²) in [6.07, 6.45) is 0.119. The molecule has 1 rings (SSSR count). The second-order valence-corrected chi connectivity index (χ2v) is 4.14. The molecular weight excluding hydrogens is 252 g/mol. The average Bonchev–Trinajstić information content (AvgIpc) is 2.33. The Kier molecular flexibility index (Phi) is 5.25. The van der Waals surface area contributed by atoms with Gasteiger partial charge in [-0.2, -0.15) is 0 Å². The van der Waals surface area contributed by atoms with E-state index in [0.29, 0.717) is 18.8 Å². The Labute approximate surface area is 110 Å². The molecule has 0 aromatic heterocycles. The predicted molar refractivity (Wildman–Crippen MR) is 69.6 cm³/mol. The van der Waals surface area contributed by atoms with Crippen LogP contribution in [0.2, 0.25) is 0 Å². The highest BCUT2D eigenvalue weighted by Gasteiger charge is 2.19. The summed E-state index contributed by atoms with van der Waals surface area (Å²) in [6.45, 7) is 4.79. The summed E-state index contributed by atoms with van der Waals surface area (Å²) in [4.78, 5) is 20.9. The third-order valence-corrected chi connectivity index (χ3v) is 2.31. The van der Waals surface area contributed by atoms with Crippen molar-refractivity contribution in [1.29, 1.82) is 0 Å². The van der Waals surface area contributed by atoms with Crippen LogP contribution in [0, 0.1) is 10.1 Å². The monoisotopic (exact) mass is 268 g/mol. The van der Waals surface area contributed by atoms with Crippen molar-refractivity contribution in [2.75, 3.05) is 18.5 Å². The number of hydrogen-bond acceptors (Lipinski definition) is 5. The second-order valence-electron chi connectivity index (χ2n) is 4.14. The normalized spacial score (nSPS) is 10.5. The van der Waals surface area contributed by atoms with Crippen molar-refractivity contribution >= 4 is 17.3 Å². The Bertz CT molecular complexity index is 473. The number of carboxylic acid groups (broad SMARTS) is 1. The molecule has 2 N–H and O–H groups in total. The van der Waals surface area contributed by atoms with Crippen molar-refractivity contribution in [3.8, 4) is 0 Å². The molecule has 19 heavy (non-hydrogen) atoms. The van der Waals surface area contributed by atoms with Gasteiger partial charge in [0, 0.05) is 18.3 Å². The minimum atomic E-state index is -1.33. The third kappa shape index (κ3) is 4.55. The molecule has 1 aromatic carbocycles. The van der Waals surface area contributed by atoms with Crippen molar-refractivity contribution in [3.63, 3.8) is 0 Å². The first-order valence-corrected chi connectivity index (χ1v) is 5.79. The van der Waals surface area contributed by atoms with E-state index in [4.69, 9.17) is 9.84 Å². The van der Waals surface area contributed by atoms with Crippen LogP contribution in [0.5, 0.6) is 0 Å². The fraction of sp³-hybridized carbons (Fsp3) is 0.417. The molecule has 1 aromatic rings. The zero-order valence-corrected chi connectivity index (χ0v) is 10.8. The lowest BCUT2D eigenvalue weighted by Crippen LogP contribution is -2.13. The first-order valence-electron chi connectivity index (χ1n) is 5.79. The molecule has 0 atom stereocenters. The van der Waals surface area contributed by atoms with E-state index in [2.05, 4.69) is 5.32 Å². The van der Waals surface area contributed by atoms with Gasteiger partial charge in [0.25, 0.3) is 5.69 Å². The topological polar surface area (TPSA) is 102 Å². The van der Waals surface area contributed by atoms with Gasteiger partial charge in [0.15, 0.2) is 0 Å². The smallest absolute Gasteiger partial charge is 0.342 e. The summed E-state index contributed by atoms with van der Waals surface area (Å²) in [5, 5.41) is 22.6. The summed E-state index contributed by atoms with van der Waals surface area (Å²) in [6, 6.07) is 3.89. The fourth-order valence-corrected chi connectivity index (χ4v) is 1.47. The van der Waals surface area contributed by atoms with E-state index in [1.807, 2.05) is 13.8 Å². The molecule has 0 saturated carbocycles. The largest absolute Gasteiger partial charge is 0.477 e. The minimum absolute atomic E-state index is 0.119. The van der Waals surface area contributed by atoms with Crippen LogP contribution in [0.1, 0.15) is 24.2 Å². The van der Waals surface area contributed by atoms with E-state index in [1.165, 1.54) is 18.2 Å². The van der Waals surface area contributed by atoms with Crippen molar-refractivity contribution in [3.05, 3.63) is 33.9 Å². The Morgan fingerprint density at radius 1 is 1.53 bits per heavy atom. The van der Waals surface area contributed by atoms with Crippen molar-refractivity contribution in [2.45, 2.75) is 20.0 Å². The maximum atomic E-state index is 10.9. The highest BCUT2D eigenvalue weighted by atomic mass is 16.6. The number of nitro benzene ring substituents is 1. The van der Waals surface area contributed by atoms with E-state index in [9.17, 15) is 14.9 Å². The van der Waals surface area contributed by atoms with Gasteiger partial charge in [-0.05, 0) is 26.0 Å². The maximum absolute atomic E-state index is 10.9. The predicted octanol–water partition coefficient (Wildman–Crippen LogP) is 2.13. The highest BCUT2D eigenvalue weighted by Crippen LogP contribution is 2.22. The van der Waals surface area contributed by atoms with E-state index in [1.54, 1.807) is 0 Å². The number of hydrogen-bond donors (Lipinski definition) is 2. The number of ether oxygens (including phenoxy) is 1. The number of nitrogens with zero attached hydrogens (tertiary/aromatic N) is 1. The number of nitro groups is 1. The summed E-state index contributed by atoms with van der Waals surface area (Å²) >= 11 is 0. The fourth-order valence-electron chi connectivity index (χ4n) is 1.47. The SMILES string of the molecule is CC(C)OCCNc1ccc([N+](=O)[O-])c(C(=O)O)c1. The minimum Gasteiger partial charge on any atom is -0.477 e. The molecular formula is C12H16N2O5. The number of carbonyl (C=O) groups is 1. The first-order chi connectivity index (χ1) is 8.91. The Morgan fingerprint density at radius 3 is 2.74 bits per heavy atom. The van der Waals surface area contributed by atoms with Gasteiger partial charge in [0.1, 0.15) is 5.56 Å². The molecule has 0 saturated heterocycles. The summed E-state index contributed by atoms with van der Waals surface area (Å²) < 4.78 is 5.32. The third-order valence-electron chi connectivity index (χ3n) is 2.31. The van der Waals surface area contributed by atoms with Gasteiger partial charge in [0.2, 0.25) is 0 Å². The molecule has 0 spiro atoms. The average molecular weight is 268 g/mol. The standard InChI is InChI=1S/C12H16N2O5/c1-8(2)19-6-5-13-9-3-4-11(14(17)18)10(7-9)12(15)16/h3-4,7-8,13H,5-6H2,1-2H3,(H,15,16). The van der Waals surface area contributed by atoms with Gasteiger partial charge >= 0.3 is 5.97 Å². The highest BCUT2D eigenvalue weighted by molar-refractivity contribution is 5.93. The van der Waals surface area contributed by atoms with Crippen LogP contribution in [0.15, 0.2) is 18.2 Å². The zero-order chi connectivity index (χ0) is 14.4. The van der Waals surface area contributed by atoms with E-state index in [0.717, 1.165) is 0 Å². The van der Waals surface area contributed by atoms with Crippen LogP contribution in [0.3, 0.4) is 0 Å². The van der Waals surface area contributed by atoms with Crippen molar-refractivity contribution in [2.24, 2.45) is 0 Å². The molecule has 0 unspecified atom stereocenters. The van der Waals surface area contributed by atoms with Gasteiger partial charge in [-0.1, -0.05) is 0 Å². The van der Waals surface area contributed by atoms with Crippen LogP contribution in [0.25, 0.3) is 0 Å². The zero-order valence-electron chi connectivity index (χ0n) is 10.8. The van der Waals surface area contributed by atoms with Crippen LogP contribution < -0.4 is 5.32 Å². The lowest BCUT2D eigenvalue weighted by molar-refractivity contribution is -0.385. The van der Waals surface area contributed by atoms with Crippen LogP contribution in [-0.4, -0.2) is 35.3 Å². The number of carboxylic acids is 1. The summed E-state index contributed by atoms with van der Waals surface area (Å²) in [5.41, 5.74) is -0.244. The van der Waals surface area contributed by atoms with E-state index >= 15 is 0 Å². The Hall–Kier alpha value is -2.15. The van der Waals surface area contributed by atoms with Gasteiger partial charge in [-0.25, -0.2) is 4.79 Å². The molecule has 0 heterocycles. The molecule has 0 bridgehead atoms. The Balaban J connectivity index is 2.73. The molecule has 0 aliphatic carbocycles. The molecule has 7 heteroatoms.